The van der Waals surface area contributed by atoms with E-state index in [4.69, 9.17) is 0 Å². The van der Waals surface area contributed by atoms with Crippen LogP contribution in [0.1, 0.15) is 59.1 Å². The summed E-state index contributed by atoms with van der Waals surface area (Å²) in [6.07, 6.45) is 4.49. The Kier molecular flexibility index (Phi) is 4.47. The number of fused-ring (bicyclic) bond motifs is 3. The largest absolute Gasteiger partial charge is 0.207 e. The summed E-state index contributed by atoms with van der Waals surface area (Å²) < 4.78 is 13.6. The zero-order chi connectivity index (χ0) is 20.0. The molecule has 2 aliphatic rings. The van der Waals surface area contributed by atoms with Crippen LogP contribution in [0.15, 0.2) is 72.3 Å². The summed E-state index contributed by atoms with van der Waals surface area (Å²) in [5.41, 5.74) is 13.3. The van der Waals surface area contributed by atoms with E-state index in [2.05, 4.69) is 56.3 Å². The van der Waals surface area contributed by atoms with Crippen molar-refractivity contribution in [3.8, 4) is 0 Å². The highest BCUT2D eigenvalue weighted by molar-refractivity contribution is 6.12. The minimum Gasteiger partial charge on any atom is -0.207 e. The van der Waals surface area contributed by atoms with Crippen LogP contribution in [0.25, 0.3) is 16.7 Å². The molecule has 0 aliphatic heterocycles. The fourth-order valence-electron chi connectivity index (χ4n) is 4.85. The first-order valence-corrected chi connectivity index (χ1v) is 10.5. The van der Waals surface area contributed by atoms with E-state index >= 15 is 0 Å². The van der Waals surface area contributed by atoms with Gasteiger partial charge in [0, 0.05) is 0 Å². The van der Waals surface area contributed by atoms with Gasteiger partial charge in [-0.2, -0.15) is 0 Å². The number of aryl methyl sites for hydroxylation is 2. The van der Waals surface area contributed by atoms with Gasteiger partial charge in [0.2, 0.25) is 0 Å². The number of rotatable bonds is 2. The van der Waals surface area contributed by atoms with E-state index < -0.39 is 0 Å². The summed E-state index contributed by atoms with van der Waals surface area (Å²) >= 11 is 0. The molecule has 0 saturated carbocycles. The molecule has 5 rings (SSSR count). The predicted molar refractivity (Wildman–Crippen MR) is 120 cm³/mol. The summed E-state index contributed by atoms with van der Waals surface area (Å²) in [6, 6.07) is 22.8. The molecule has 1 heteroatoms. The fraction of sp³-hybridized carbons (Fsp3) is 0.214. The first-order chi connectivity index (χ1) is 14.1. The minimum absolute atomic E-state index is 0.175. The molecule has 0 amide bonds. The number of benzene rings is 3. The Morgan fingerprint density at radius 1 is 0.586 bits per heavy atom. The molecule has 0 heterocycles. The van der Waals surface area contributed by atoms with Gasteiger partial charge in [-0.25, -0.2) is 4.39 Å². The van der Waals surface area contributed by atoms with E-state index in [9.17, 15) is 4.39 Å². The third-order valence-corrected chi connectivity index (χ3v) is 6.26. The Morgan fingerprint density at radius 3 is 1.93 bits per heavy atom. The Morgan fingerprint density at radius 2 is 1.21 bits per heavy atom. The van der Waals surface area contributed by atoms with E-state index in [1.165, 1.54) is 63.0 Å². The van der Waals surface area contributed by atoms with Crippen LogP contribution in [0.4, 0.5) is 4.39 Å². The van der Waals surface area contributed by atoms with Crippen LogP contribution in [0.5, 0.6) is 0 Å². The van der Waals surface area contributed by atoms with Gasteiger partial charge >= 0.3 is 0 Å². The summed E-state index contributed by atoms with van der Waals surface area (Å²) in [4.78, 5) is 0. The predicted octanol–water partition coefficient (Wildman–Crippen LogP) is 7.74. The molecule has 0 radical (unpaired) electrons. The van der Waals surface area contributed by atoms with Crippen molar-refractivity contribution in [2.45, 2.75) is 39.5 Å². The highest BCUT2D eigenvalue weighted by Crippen LogP contribution is 2.51. The molecule has 0 atom stereocenters. The van der Waals surface area contributed by atoms with Crippen molar-refractivity contribution in [1.82, 2.24) is 0 Å². The van der Waals surface area contributed by atoms with Crippen molar-refractivity contribution in [2.24, 2.45) is 0 Å². The van der Waals surface area contributed by atoms with Gasteiger partial charge in [-0.3, -0.25) is 0 Å². The molecule has 0 aromatic heterocycles. The van der Waals surface area contributed by atoms with Gasteiger partial charge in [0.15, 0.2) is 0 Å². The van der Waals surface area contributed by atoms with E-state index in [-0.39, 0.29) is 5.82 Å². The molecule has 0 nitrogen and oxygen atoms in total. The first-order valence-electron chi connectivity index (χ1n) is 10.5. The Bertz CT molecular complexity index is 1140. The second-order valence-electron chi connectivity index (χ2n) is 8.34. The molecule has 3 aromatic carbocycles. The highest BCUT2D eigenvalue weighted by atomic mass is 19.1. The average molecular weight is 381 g/mol. The van der Waals surface area contributed by atoms with Gasteiger partial charge in [0.05, 0.1) is 0 Å². The number of hydrogen-bond acceptors (Lipinski definition) is 0. The fourth-order valence-corrected chi connectivity index (χ4v) is 4.85. The third-order valence-electron chi connectivity index (χ3n) is 6.26. The van der Waals surface area contributed by atoms with Gasteiger partial charge in [0.25, 0.3) is 0 Å². The molecule has 144 valence electrons. The quantitative estimate of drug-likeness (QED) is 0.426. The molecule has 2 aliphatic carbocycles. The maximum Gasteiger partial charge on any atom is 0.123 e. The molecule has 0 spiro atoms. The van der Waals surface area contributed by atoms with Crippen molar-refractivity contribution in [1.29, 1.82) is 0 Å². The van der Waals surface area contributed by atoms with Gasteiger partial charge in [0.1, 0.15) is 5.82 Å². The summed E-state index contributed by atoms with van der Waals surface area (Å²) in [5.74, 6) is -0.175. The Labute approximate surface area is 172 Å². The topological polar surface area (TPSA) is 0 Å². The maximum atomic E-state index is 13.6. The zero-order valence-electron chi connectivity index (χ0n) is 17.1. The van der Waals surface area contributed by atoms with Crippen LogP contribution in [-0.2, 0) is 0 Å². The second kappa shape index (κ2) is 7.15. The molecule has 29 heavy (non-hydrogen) atoms. The van der Waals surface area contributed by atoms with Crippen LogP contribution in [0.2, 0.25) is 0 Å². The first kappa shape index (κ1) is 18.1. The van der Waals surface area contributed by atoms with E-state index in [0.717, 1.165) is 18.4 Å². The normalized spacial score (nSPS) is 16.0. The van der Waals surface area contributed by atoms with Crippen molar-refractivity contribution in [3.05, 3.63) is 112 Å². The molecule has 0 unspecified atom stereocenters. The highest BCUT2D eigenvalue weighted by Gasteiger charge is 2.31. The van der Waals surface area contributed by atoms with E-state index in [1.54, 1.807) is 12.1 Å². The lowest BCUT2D eigenvalue weighted by Gasteiger charge is -2.13. The van der Waals surface area contributed by atoms with Gasteiger partial charge in [-0.1, -0.05) is 65.7 Å². The molecule has 0 bridgehead atoms. The maximum absolute atomic E-state index is 13.6. The second-order valence-corrected chi connectivity index (χ2v) is 8.34. The SMILES string of the molecule is Cc1ccc(C2=C3CCCCC(c4ccc(F)cc4)=C3c3ccc(C)cc32)cc1. The van der Waals surface area contributed by atoms with Gasteiger partial charge in [-0.05, 0) is 96.2 Å². The molecular formula is C28H25F. The van der Waals surface area contributed by atoms with E-state index in [1.807, 2.05) is 12.1 Å². The Balaban J connectivity index is 1.82. The van der Waals surface area contributed by atoms with Crippen LogP contribution < -0.4 is 0 Å². The average Bonchev–Trinajstić information content (AvgIpc) is 2.87. The molecular weight excluding hydrogens is 355 g/mol. The summed E-state index contributed by atoms with van der Waals surface area (Å²) in [7, 11) is 0. The number of allylic oxidation sites excluding steroid dienone is 3. The van der Waals surface area contributed by atoms with Crippen molar-refractivity contribution < 1.29 is 4.39 Å². The van der Waals surface area contributed by atoms with Crippen LogP contribution in [-0.4, -0.2) is 0 Å². The lowest BCUT2D eigenvalue weighted by Crippen LogP contribution is -1.92. The molecule has 0 N–H and O–H groups in total. The van der Waals surface area contributed by atoms with E-state index in [0.29, 0.717) is 0 Å². The summed E-state index contributed by atoms with van der Waals surface area (Å²) in [5, 5.41) is 0. The Hall–Kier alpha value is -2.93. The minimum atomic E-state index is -0.175. The molecule has 3 aromatic rings. The standard InChI is InChI=1S/C28H25F/c1-18-7-10-21(11-8-18)27-25-6-4-3-5-23(20-12-14-22(29)15-13-20)28(25)24-16-9-19(2)17-26(24)27/h7-17H,3-6H2,1-2H3. The molecule has 0 fully saturated rings. The number of hydrogen-bond donors (Lipinski definition) is 0. The number of halogens is 1. The lowest BCUT2D eigenvalue weighted by atomic mass is 9.91. The van der Waals surface area contributed by atoms with Crippen LogP contribution in [0, 0.1) is 19.7 Å². The van der Waals surface area contributed by atoms with Crippen molar-refractivity contribution in [2.75, 3.05) is 0 Å². The van der Waals surface area contributed by atoms with Gasteiger partial charge in [-0.15, -0.1) is 0 Å². The zero-order valence-corrected chi connectivity index (χ0v) is 17.1. The summed E-state index contributed by atoms with van der Waals surface area (Å²) in [6.45, 7) is 4.30. The monoisotopic (exact) mass is 380 g/mol. The van der Waals surface area contributed by atoms with Crippen LogP contribution in [0.3, 0.4) is 0 Å². The molecule has 0 saturated heterocycles. The van der Waals surface area contributed by atoms with Crippen molar-refractivity contribution >= 4 is 16.7 Å². The lowest BCUT2D eigenvalue weighted by molar-refractivity contribution is 0.627. The smallest absolute Gasteiger partial charge is 0.123 e. The van der Waals surface area contributed by atoms with Gasteiger partial charge < -0.3 is 0 Å². The van der Waals surface area contributed by atoms with Crippen LogP contribution >= 0.6 is 0 Å². The van der Waals surface area contributed by atoms with Crippen molar-refractivity contribution in [3.63, 3.8) is 0 Å². The third kappa shape index (κ3) is 3.15.